The number of aromatic nitrogens is 2. The normalized spacial score (nSPS) is 15.0. The Labute approximate surface area is 167 Å². The number of H-pyrrole nitrogens is 1. The molecule has 5 nitrogen and oxygen atoms in total. The van der Waals surface area contributed by atoms with Gasteiger partial charge in [-0.05, 0) is 49.0 Å². The third kappa shape index (κ3) is 3.43. The van der Waals surface area contributed by atoms with E-state index in [0.717, 1.165) is 11.5 Å². The number of hydrogen-bond donors (Lipinski definition) is 2. The molecule has 138 valence electrons. The Morgan fingerprint density at radius 2 is 1.81 bits per heavy atom. The van der Waals surface area contributed by atoms with Gasteiger partial charge in [-0.25, -0.2) is 0 Å². The molecular weight excluding hydrogens is 380 g/mol. The van der Waals surface area contributed by atoms with Gasteiger partial charge in [-0.3, -0.25) is 19.2 Å². The fourth-order valence-electron chi connectivity index (χ4n) is 3.39. The fraction of sp³-hybridized carbons (Fsp3) is 0.200. The average molecular weight is 399 g/mol. The van der Waals surface area contributed by atoms with E-state index in [4.69, 9.17) is 23.8 Å². The van der Waals surface area contributed by atoms with Crippen LogP contribution in [0.3, 0.4) is 0 Å². The van der Waals surface area contributed by atoms with Crippen LogP contribution in [0.1, 0.15) is 24.1 Å². The van der Waals surface area contributed by atoms with Crippen molar-refractivity contribution in [2.24, 2.45) is 0 Å². The molecule has 1 aromatic heterocycles. The summed E-state index contributed by atoms with van der Waals surface area (Å²) in [6.45, 7) is 3.30. The van der Waals surface area contributed by atoms with Crippen LogP contribution in [0.5, 0.6) is 0 Å². The first kappa shape index (κ1) is 18.0. The first-order valence-electron chi connectivity index (χ1n) is 8.71. The lowest BCUT2D eigenvalue weighted by Crippen LogP contribution is -2.40. The third-order valence-electron chi connectivity index (χ3n) is 4.93. The molecule has 27 heavy (non-hydrogen) atoms. The van der Waals surface area contributed by atoms with E-state index in [-0.39, 0.29) is 11.6 Å². The molecule has 1 aliphatic heterocycles. The maximum Gasteiger partial charge on any atom is 0.258 e. The van der Waals surface area contributed by atoms with Crippen molar-refractivity contribution in [3.63, 3.8) is 0 Å². The van der Waals surface area contributed by atoms with E-state index in [1.165, 1.54) is 5.56 Å². The quantitative estimate of drug-likeness (QED) is 0.638. The number of fused-ring (bicyclic) bond motifs is 1. The first-order chi connectivity index (χ1) is 13.0. The minimum absolute atomic E-state index is 0.155. The van der Waals surface area contributed by atoms with Gasteiger partial charge in [0.05, 0.1) is 12.2 Å². The maximum absolute atomic E-state index is 12.6. The minimum Gasteiger partial charge on any atom is -0.358 e. The summed E-state index contributed by atoms with van der Waals surface area (Å²) in [6, 6.07) is 17.8. The number of nitrogens with one attached hydrogen (secondary N) is 2. The van der Waals surface area contributed by atoms with Crippen LogP contribution in [0.15, 0.2) is 59.4 Å². The van der Waals surface area contributed by atoms with E-state index in [1.807, 2.05) is 47.0 Å². The molecule has 0 fully saturated rings. The molecule has 4 rings (SSSR count). The Kier molecular flexibility index (Phi) is 4.86. The lowest BCUT2D eigenvalue weighted by molar-refractivity contribution is 0.207. The number of anilines is 1. The molecular formula is C20H19ClN4OS. The van der Waals surface area contributed by atoms with Crippen molar-refractivity contribution >= 4 is 29.6 Å². The van der Waals surface area contributed by atoms with E-state index >= 15 is 0 Å². The van der Waals surface area contributed by atoms with Gasteiger partial charge in [0.25, 0.3) is 5.56 Å². The Balaban J connectivity index is 1.74. The summed E-state index contributed by atoms with van der Waals surface area (Å²) in [5.74, 6) is 0.739. The molecule has 0 aliphatic carbocycles. The lowest BCUT2D eigenvalue weighted by atomic mass is 10.1. The second-order valence-electron chi connectivity index (χ2n) is 6.57. The molecule has 0 saturated carbocycles. The van der Waals surface area contributed by atoms with Crippen molar-refractivity contribution in [2.45, 2.75) is 19.5 Å². The van der Waals surface area contributed by atoms with Crippen LogP contribution in [0.25, 0.3) is 5.69 Å². The van der Waals surface area contributed by atoms with Gasteiger partial charge in [-0.2, -0.15) is 0 Å². The summed E-state index contributed by atoms with van der Waals surface area (Å²) in [4.78, 5) is 17.6. The van der Waals surface area contributed by atoms with E-state index in [0.29, 0.717) is 28.6 Å². The topological polar surface area (TPSA) is 53.1 Å². The zero-order chi connectivity index (χ0) is 19.0. The Bertz CT molecular complexity index is 1080. The van der Waals surface area contributed by atoms with E-state index in [2.05, 4.69) is 34.3 Å². The molecule has 0 unspecified atom stereocenters. The van der Waals surface area contributed by atoms with Gasteiger partial charge in [0.1, 0.15) is 5.82 Å². The number of aromatic amines is 1. The van der Waals surface area contributed by atoms with Crippen molar-refractivity contribution in [1.82, 2.24) is 14.5 Å². The van der Waals surface area contributed by atoms with Crippen molar-refractivity contribution < 1.29 is 0 Å². The molecule has 2 aromatic carbocycles. The number of nitrogens with zero attached hydrogens (tertiary/aromatic N) is 2. The smallest absolute Gasteiger partial charge is 0.258 e. The molecule has 3 aromatic rings. The Morgan fingerprint density at radius 1 is 1.11 bits per heavy atom. The Hall–Kier alpha value is -2.41. The highest BCUT2D eigenvalue weighted by Gasteiger charge is 2.26. The van der Waals surface area contributed by atoms with Crippen molar-refractivity contribution in [3.8, 4) is 5.69 Å². The summed E-state index contributed by atoms with van der Waals surface area (Å²) in [7, 11) is 0. The molecule has 2 N–H and O–H groups in total. The van der Waals surface area contributed by atoms with Crippen LogP contribution in [0.4, 0.5) is 5.82 Å². The van der Waals surface area contributed by atoms with Crippen molar-refractivity contribution in [2.75, 3.05) is 12.0 Å². The predicted molar refractivity (Wildman–Crippen MR) is 111 cm³/mol. The largest absolute Gasteiger partial charge is 0.358 e. The zero-order valence-electron chi connectivity index (χ0n) is 14.8. The highest BCUT2D eigenvalue weighted by Crippen LogP contribution is 2.29. The standard InChI is InChI=1S/C20H19ClN4OS/c1-13(14-5-3-2-4-6-14)24-11-17-18(22-12-24)25(20(27)23-19(17)26)16-9-7-15(21)8-10-16/h2-10,13,22H,11-12H2,1H3,(H,23,26,27)/t13-/m0/s1. The van der Waals surface area contributed by atoms with Crippen molar-refractivity contribution in [1.29, 1.82) is 0 Å². The molecule has 1 aliphatic rings. The van der Waals surface area contributed by atoms with E-state index in [9.17, 15) is 4.79 Å². The van der Waals surface area contributed by atoms with Crippen molar-refractivity contribution in [3.05, 3.63) is 85.9 Å². The summed E-state index contributed by atoms with van der Waals surface area (Å²) in [5.41, 5.74) is 2.59. The molecule has 1 atom stereocenters. The maximum atomic E-state index is 12.6. The van der Waals surface area contributed by atoms with Gasteiger partial charge in [-0.15, -0.1) is 0 Å². The van der Waals surface area contributed by atoms with E-state index < -0.39 is 0 Å². The number of rotatable bonds is 3. The summed E-state index contributed by atoms with van der Waals surface area (Å²) in [5, 5.41) is 4.05. The highest BCUT2D eigenvalue weighted by atomic mass is 35.5. The van der Waals surface area contributed by atoms with Gasteiger partial charge in [-0.1, -0.05) is 41.9 Å². The Morgan fingerprint density at radius 3 is 2.52 bits per heavy atom. The van der Waals surface area contributed by atoms with Crippen LogP contribution in [0, 0.1) is 4.77 Å². The fourth-order valence-corrected chi connectivity index (χ4v) is 3.81. The summed E-state index contributed by atoms with van der Waals surface area (Å²) >= 11 is 11.4. The van der Waals surface area contributed by atoms with Gasteiger partial charge in [0, 0.05) is 23.3 Å². The molecule has 0 saturated heterocycles. The SMILES string of the molecule is C[C@@H](c1ccccc1)N1CNc2c(c(=O)[nH]c(=S)n2-c2ccc(Cl)cc2)C1. The van der Waals surface area contributed by atoms with Crippen LogP contribution >= 0.6 is 23.8 Å². The van der Waals surface area contributed by atoms with Gasteiger partial charge < -0.3 is 5.32 Å². The molecule has 0 radical (unpaired) electrons. The zero-order valence-corrected chi connectivity index (χ0v) is 16.3. The van der Waals surface area contributed by atoms with Crippen LogP contribution in [0.2, 0.25) is 5.02 Å². The predicted octanol–water partition coefficient (Wildman–Crippen LogP) is 4.49. The lowest BCUT2D eigenvalue weighted by Gasteiger charge is -2.35. The van der Waals surface area contributed by atoms with Crippen LogP contribution < -0.4 is 10.9 Å². The summed E-state index contributed by atoms with van der Waals surface area (Å²) in [6.07, 6.45) is 0. The molecule has 0 amide bonds. The second kappa shape index (κ2) is 7.31. The van der Waals surface area contributed by atoms with Crippen LogP contribution in [-0.2, 0) is 6.54 Å². The number of hydrogen-bond acceptors (Lipinski definition) is 4. The average Bonchev–Trinajstić information content (AvgIpc) is 2.69. The van der Waals surface area contributed by atoms with Crippen LogP contribution in [-0.4, -0.2) is 21.1 Å². The first-order valence-corrected chi connectivity index (χ1v) is 9.50. The van der Waals surface area contributed by atoms with Gasteiger partial charge in [0.2, 0.25) is 0 Å². The highest BCUT2D eigenvalue weighted by molar-refractivity contribution is 7.71. The van der Waals surface area contributed by atoms with Gasteiger partial charge in [0.15, 0.2) is 4.77 Å². The number of benzene rings is 2. The molecule has 7 heteroatoms. The van der Waals surface area contributed by atoms with E-state index in [1.54, 1.807) is 0 Å². The van der Waals surface area contributed by atoms with Gasteiger partial charge >= 0.3 is 0 Å². The molecule has 0 bridgehead atoms. The summed E-state index contributed by atoms with van der Waals surface area (Å²) < 4.78 is 2.21. The number of halogens is 1. The third-order valence-corrected chi connectivity index (χ3v) is 5.47. The minimum atomic E-state index is -0.155. The molecule has 0 spiro atoms. The monoisotopic (exact) mass is 398 g/mol. The molecule has 2 heterocycles. The second-order valence-corrected chi connectivity index (χ2v) is 7.39.